The van der Waals surface area contributed by atoms with Crippen LogP contribution in [0.4, 0.5) is 5.69 Å². The van der Waals surface area contributed by atoms with Gasteiger partial charge in [0.1, 0.15) is 10.6 Å². The van der Waals surface area contributed by atoms with Crippen LogP contribution in [-0.2, 0) is 19.6 Å². The van der Waals surface area contributed by atoms with Gasteiger partial charge in [0, 0.05) is 39.2 Å². The molecule has 0 atom stereocenters. The number of ether oxygens (including phenoxy) is 1. The molecule has 1 aromatic carbocycles. The third kappa shape index (κ3) is 3.58. The van der Waals surface area contributed by atoms with Crippen molar-refractivity contribution >= 4 is 39.1 Å². The smallest absolute Gasteiger partial charge is 0.262 e. The minimum atomic E-state index is -3.86. The van der Waals surface area contributed by atoms with Crippen LogP contribution in [0, 0.1) is 0 Å². The zero-order valence-corrected chi connectivity index (χ0v) is 15.2. The van der Waals surface area contributed by atoms with E-state index in [1.54, 1.807) is 4.90 Å². The Labute approximate surface area is 150 Å². The first-order chi connectivity index (χ1) is 11.8. The number of carbonyl (C=O) groups excluding carboxylic acids is 2. The first kappa shape index (κ1) is 18.0. The number of anilines is 1. The molecule has 0 aromatic heterocycles. The zero-order chi connectivity index (χ0) is 18.2. The van der Waals surface area contributed by atoms with Gasteiger partial charge in [-0.25, -0.2) is 8.42 Å². The van der Waals surface area contributed by atoms with Gasteiger partial charge in [0.15, 0.2) is 6.61 Å². The number of likely N-dealkylation sites (N-methyl/N-ethyl adjacent to an activating group) is 1. The lowest BCUT2D eigenvalue weighted by molar-refractivity contribution is -0.127. The Balaban J connectivity index is 1.79. The summed E-state index contributed by atoms with van der Waals surface area (Å²) in [5.41, 5.74) is 0.338. The van der Waals surface area contributed by atoms with Crippen molar-refractivity contribution in [2.24, 2.45) is 0 Å². The summed E-state index contributed by atoms with van der Waals surface area (Å²) >= 11 is 6.11. The van der Waals surface area contributed by atoms with Crippen LogP contribution in [0.1, 0.15) is 12.8 Å². The van der Waals surface area contributed by atoms with Crippen molar-refractivity contribution in [3.8, 4) is 5.75 Å². The van der Waals surface area contributed by atoms with Crippen LogP contribution < -0.4 is 10.1 Å². The van der Waals surface area contributed by atoms with Crippen molar-refractivity contribution in [3.63, 3.8) is 0 Å². The Bertz CT molecular complexity index is 827. The molecule has 2 aliphatic heterocycles. The van der Waals surface area contributed by atoms with Gasteiger partial charge in [-0.2, -0.15) is 4.31 Å². The SMILES string of the molecule is CN(CCN1CCCC1=O)S(=O)(=O)c1cc2c(cc1Cl)NC(=O)CO2. The second-order valence-corrected chi connectivity index (χ2v) is 8.35. The molecule has 1 fully saturated rings. The number of carbonyl (C=O) groups is 2. The van der Waals surface area contributed by atoms with Gasteiger partial charge in [-0.1, -0.05) is 11.6 Å². The normalized spacial score (nSPS) is 17.5. The number of likely N-dealkylation sites (tertiary alicyclic amines) is 1. The van der Waals surface area contributed by atoms with E-state index in [0.29, 0.717) is 25.2 Å². The first-order valence-corrected chi connectivity index (χ1v) is 9.61. The predicted molar refractivity (Wildman–Crippen MR) is 91.2 cm³/mol. The van der Waals surface area contributed by atoms with Crippen LogP contribution in [0.5, 0.6) is 5.75 Å². The van der Waals surface area contributed by atoms with E-state index >= 15 is 0 Å². The van der Waals surface area contributed by atoms with Gasteiger partial charge in [-0.05, 0) is 12.5 Å². The molecule has 0 spiro atoms. The van der Waals surface area contributed by atoms with Crippen LogP contribution in [0.25, 0.3) is 0 Å². The lowest BCUT2D eigenvalue weighted by atomic mass is 10.2. The molecule has 8 nitrogen and oxygen atoms in total. The highest BCUT2D eigenvalue weighted by atomic mass is 35.5. The molecule has 25 heavy (non-hydrogen) atoms. The van der Waals surface area contributed by atoms with Gasteiger partial charge >= 0.3 is 0 Å². The average molecular weight is 388 g/mol. The lowest BCUT2D eigenvalue weighted by Crippen LogP contribution is -2.37. The molecule has 2 aliphatic rings. The number of rotatable bonds is 5. The number of fused-ring (bicyclic) bond motifs is 1. The predicted octanol–water partition coefficient (Wildman–Crippen LogP) is 0.914. The second-order valence-electron chi connectivity index (χ2n) is 5.93. The molecule has 10 heteroatoms. The Hall–Kier alpha value is -1.84. The van der Waals surface area contributed by atoms with E-state index < -0.39 is 10.0 Å². The largest absolute Gasteiger partial charge is 0.482 e. The summed E-state index contributed by atoms with van der Waals surface area (Å²) in [6, 6.07) is 2.67. The molecule has 1 saturated heterocycles. The topological polar surface area (TPSA) is 96.0 Å². The number of halogens is 1. The fraction of sp³-hybridized carbons (Fsp3) is 0.467. The van der Waals surface area contributed by atoms with Crippen molar-refractivity contribution in [2.45, 2.75) is 17.7 Å². The summed E-state index contributed by atoms with van der Waals surface area (Å²) in [6.45, 7) is 0.976. The summed E-state index contributed by atoms with van der Waals surface area (Å²) in [6.07, 6.45) is 1.31. The maximum atomic E-state index is 12.8. The Morgan fingerprint density at radius 1 is 1.36 bits per heavy atom. The van der Waals surface area contributed by atoms with E-state index in [-0.39, 0.29) is 40.6 Å². The van der Waals surface area contributed by atoms with Gasteiger partial charge in [-0.3, -0.25) is 9.59 Å². The zero-order valence-electron chi connectivity index (χ0n) is 13.6. The van der Waals surface area contributed by atoms with Crippen molar-refractivity contribution in [1.82, 2.24) is 9.21 Å². The first-order valence-electron chi connectivity index (χ1n) is 7.79. The van der Waals surface area contributed by atoms with Crippen LogP contribution in [0.3, 0.4) is 0 Å². The van der Waals surface area contributed by atoms with E-state index in [1.165, 1.54) is 19.2 Å². The molecular weight excluding hydrogens is 370 g/mol. The van der Waals surface area contributed by atoms with E-state index in [1.807, 2.05) is 0 Å². The minimum Gasteiger partial charge on any atom is -0.482 e. The highest BCUT2D eigenvalue weighted by molar-refractivity contribution is 7.89. The monoisotopic (exact) mass is 387 g/mol. The highest BCUT2D eigenvalue weighted by Gasteiger charge is 2.29. The lowest BCUT2D eigenvalue weighted by Gasteiger charge is -2.23. The third-order valence-corrected chi connectivity index (χ3v) is 6.53. The molecule has 3 rings (SSSR count). The van der Waals surface area contributed by atoms with Gasteiger partial charge in [0.2, 0.25) is 15.9 Å². The van der Waals surface area contributed by atoms with Crippen LogP contribution in [-0.4, -0.2) is 62.7 Å². The standard InChI is InChI=1S/C15H18ClN3O5S/c1-18(5-6-19-4-2-3-15(19)21)25(22,23)13-8-12-11(7-10(13)16)17-14(20)9-24-12/h7-8H,2-6,9H2,1H3,(H,17,20). The van der Waals surface area contributed by atoms with Gasteiger partial charge < -0.3 is 15.0 Å². The van der Waals surface area contributed by atoms with E-state index in [4.69, 9.17) is 16.3 Å². The molecule has 0 bridgehead atoms. The van der Waals surface area contributed by atoms with E-state index in [9.17, 15) is 18.0 Å². The third-order valence-electron chi connectivity index (χ3n) is 4.21. The fourth-order valence-corrected chi connectivity index (χ4v) is 4.44. The molecule has 2 heterocycles. The van der Waals surface area contributed by atoms with Crippen molar-refractivity contribution < 1.29 is 22.7 Å². The summed E-state index contributed by atoms with van der Waals surface area (Å²) in [5.74, 6) is -0.0287. The Morgan fingerprint density at radius 2 is 2.12 bits per heavy atom. The van der Waals surface area contributed by atoms with E-state index in [2.05, 4.69) is 5.32 Å². The van der Waals surface area contributed by atoms with Crippen molar-refractivity contribution in [3.05, 3.63) is 17.2 Å². The molecule has 1 aromatic rings. The average Bonchev–Trinajstić information content (AvgIpc) is 2.96. The summed E-state index contributed by atoms with van der Waals surface area (Å²) in [5, 5.41) is 2.57. The molecule has 0 radical (unpaired) electrons. The van der Waals surface area contributed by atoms with E-state index in [0.717, 1.165) is 10.7 Å². The van der Waals surface area contributed by atoms with Gasteiger partial charge in [0.25, 0.3) is 5.91 Å². The van der Waals surface area contributed by atoms with Gasteiger partial charge in [0.05, 0.1) is 10.7 Å². The summed E-state index contributed by atoms with van der Waals surface area (Å²) in [7, 11) is -2.42. The Kier molecular flexibility index (Phi) is 4.90. The number of hydrogen-bond acceptors (Lipinski definition) is 5. The quantitative estimate of drug-likeness (QED) is 0.810. The van der Waals surface area contributed by atoms with Crippen LogP contribution in [0.15, 0.2) is 17.0 Å². The van der Waals surface area contributed by atoms with Crippen molar-refractivity contribution in [2.75, 3.05) is 38.6 Å². The number of nitrogens with one attached hydrogen (secondary N) is 1. The molecule has 0 saturated carbocycles. The Morgan fingerprint density at radius 3 is 2.80 bits per heavy atom. The molecular formula is C15H18ClN3O5S. The van der Waals surface area contributed by atoms with Crippen molar-refractivity contribution in [1.29, 1.82) is 0 Å². The number of benzene rings is 1. The number of nitrogens with zero attached hydrogens (tertiary/aromatic N) is 2. The summed E-state index contributed by atoms with van der Waals surface area (Å²) in [4.78, 5) is 24.5. The summed E-state index contributed by atoms with van der Waals surface area (Å²) < 4.78 is 32.0. The number of hydrogen-bond donors (Lipinski definition) is 1. The molecule has 2 amide bonds. The second kappa shape index (κ2) is 6.81. The highest BCUT2D eigenvalue weighted by Crippen LogP contribution is 2.36. The number of sulfonamides is 1. The fourth-order valence-electron chi connectivity index (χ4n) is 2.77. The van der Waals surface area contributed by atoms with Gasteiger partial charge in [-0.15, -0.1) is 0 Å². The molecule has 136 valence electrons. The molecule has 0 aliphatic carbocycles. The van der Waals surface area contributed by atoms with Crippen LogP contribution in [0.2, 0.25) is 5.02 Å². The molecule has 0 unspecified atom stereocenters. The minimum absolute atomic E-state index is 0.00588. The maximum Gasteiger partial charge on any atom is 0.262 e. The van der Waals surface area contributed by atoms with Crippen LogP contribution >= 0.6 is 11.6 Å². The number of amides is 2. The molecule has 1 N–H and O–H groups in total. The maximum absolute atomic E-state index is 12.8.